The van der Waals surface area contributed by atoms with Crippen molar-refractivity contribution < 1.29 is 14.0 Å². The molecule has 1 unspecified atom stereocenters. The molecule has 0 N–H and O–H groups in total. The first-order chi connectivity index (χ1) is 13.0. The van der Waals surface area contributed by atoms with E-state index in [9.17, 15) is 14.0 Å². The topological polar surface area (TPSA) is 40.6 Å². The molecule has 1 saturated carbocycles. The lowest BCUT2D eigenvalue weighted by molar-refractivity contribution is -0.140. The number of carbonyl (C=O) groups excluding carboxylic acids is 2. The normalized spacial score (nSPS) is 27.7. The Labute approximate surface area is 159 Å². The van der Waals surface area contributed by atoms with Gasteiger partial charge in [0.2, 0.25) is 5.91 Å². The fourth-order valence-corrected chi connectivity index (χ4v) is 5.49. The molecule has 2 aliphatic carbocycles. The molecule has 2 amide bonds. The monoisotopic (exact) mass is 370 g/mol. The highest BCUT2D eigenvalue weighted by molar-refractivity contribution is 5.88. The molecule has 3 fully saturated rings. The third kappa shape index (κ3) is 2.69. The van der Waals surface area contributed by atoms with Crippen LogP contribution in [0.4, 0.5) is 4.39 Å². The summed E-state index contributed by atoms with van der Waals surface area (Å²) in [6.07, 6.45) is 5.46. The van der Waals surface area contributed by atoms with E-state index in [1.54, 1.807) is 4.90 Å². The number of fused-ring (bicyclic) bond motifs is 2. The smallest absolute Gasteiger partial charge is 0.260 e. The number of benzene rings is 1. The lowest BCUT2D eigenvalue weighted by atomic mass is 9.73. The van der Waals surface area contributed by atoms with E-state index in [1.807, 2.05) is 11.0 Å². The van der Waals surface area contributed by atoms with Gasteiger partial charge in [-0.2, -0.15) is 0 Å². The van der Waals surface area contributed by atoms with Crippen molar-refractivity contribution in [1.29, 1.82) is 0 Å². The van der Waals surface area contributed by atoms with E-state index in [-0.39, 0.29) is 23.1 Å². The van der Waals surface area contributed by atoms with E-state index >= 15 is 0 Å². The molecule has 0 aromatic heterocycles. The summed E-state index contributed by atoms with van der Waals surface area (Å²) in [5.74, 6) is -0.0955. The van der Waals surface area contributed by atoms with E-state index in [2.05, 4.69) is 18.2 Å². The maximum Gasteiger partial charge on any atom is 0.260 e. The molecular formula is C22H27FN2O2. The molecule has 2 heterocycles. The summed E-state index contributed by atoms with van der Waals surface area (Å²) in [6, 6.07) is 8.37. The van der Waals surface area contributed by atoms with Crippen LogP contribution in [0, 0.1) is 0 Å². The number of carbonyl (C=O) groups is 2. The largest absolute Gasteiger partial charge is 0.342 e. The third-order valence-corrected chi connectivity index (χ3v) is 7.30. The molecule has 1 atom stereocenters. The lowest BCUT2D eigenvalue weighted by Crippen LogP contribution is -2.47. The first-order valence-electron chi connectivity index (χ1n) is 10.4. The van der Waals surface area contributed by atoms with E-state index in [4.69, 9.17) is 0 Å². The van der Waals surface area contributed by atoms with Gasteiger partial charge in [-0.25, -0.2) is 4.39 Å². The number of hydrogen-bond acceptors (Lipinski definition) is 2. The number of alkyl halides is 1. The molecule has 144 valence electrons. The maximum absolute atomic E-state index is 14.2. The van der Waals surface area contributed by atoms with Crippen molar-refractivity contribution in [2.75, 3.05) is 26.2 Å². The predicted molar refractivity (Wildman–Crippen MR) is 100 cm³/mol. The molecule has 0 radical (unpaired) electrons. The van der Waals surface area contributed by atoms with Gasteiger partial charge < -0.3 is 9.80 Å². The van der Waals surface area contributed by atoms with Crippen LogP contribution in [-0.4, -0.2) is 53.5 Å². The summed E-state index contributed by atoms with van der Waals surface area (Å²) in [7, 11) is 0. The number of piperidine rings is 1. The summed E-state index contributed by atoms with van der Waals surface area (Å²) in [4.78, 5) is 29.3. The molecule has 1 aromatic carbocycles. The minimum Gasteiger partial charge on any atom is -0.342 e. The van der Waals surface area contributed by atoms with Crippen LogP contribution >= 0.6 is 0 Å². The van der Waals surface area contributed by atoms with Gasteiger partial charge in [-0.05, 0) is 56.1 Å². The Morgan fingerprint density at radius 3 is 2.26 bits per heavy atom. The first kappa shape index (κ1) is 17.2. The van der Waals surface area contributed by atoms with Crippen LogP contribution in [-0.2, 0) is 15.0 Å². The molecule has 4 aliphatic rings. The van der Waals surface area contributed by atoms with E-state index in [0.717, 1.165) is 45.2 Å². The Bertz CT molecular complexity index is 774. The van der Waals surface area contributed by atoms with Gasteiger partial charge in [0.25, 0.3) is 5.91 Å². The van der Waals surface area contributed by atoms with Crippen molar-refractivity contribution >= 4 is 11.8 Å². The summed E-state index contributed by atoms with van der Waals surface area (Å²) >= 11 is 0. The van der Waals surface area contributed by atoms with Crippen LogP contribution in [0.15, 0.2) is 24.3 Å². The number of rotatable bonds is 2. The van der Waals surface area contributed by atoms with E-state index in [0.29, 0.717) is 25.9 Å². The van der Waals surface area contributed by atoms with Crippen molar-refractivity contribution in [2.24, 2.45) is 0 Å². The average Bonchev–Trinajstić information content (AvgIpc) is 3.11. The molecule has 0 bridgehead atoms. The van der Waals surface area contributed by atoms with Gasteiger partial charge in [-0.15, -0.1) is 0 Å². The molecule has 5 rings (SSSR count). The first-order valence-corrected chi connectivity index (χ1v) is 10.4. The van der Waals surface area contributed by atoms with Crippen LogP contribution in [0.3, 0.4) is 0 Å². The quantitative estimate of drug-likeness (QED) is 0.802. The standard InChI is InChI=1S/C22H27FN2O2/c23-22(7-8-22)20(27)25-13-9-21(10-14-25)15-17(16-5-1-2-6-18(16)21)19(26)24-11-3-4-12-24/h1-2,5-6,17H,3-4,7-15H2. The van der Waals surface area contributed by atoms with Gasteiger partial charge in [0.1, 0.15) is 0 Å². The summed E-state index contributed by atoms with van der Waals surface area (Å²) in [5, 5.41) is 0. The number of likely N-dealkylation sites (tertiary alicyclic amines) is 2. The van der Waals surface area contributed by atoms with Gasteiger partial charge in [0.05, 0.1) is 5.92 Å². The average molecular weight is 370 g/mol. The van der Waals surface area contributed by atoms with Crippen molar-refractivity contribution in [3.63, 3.8) is 0 Å². The zero-order chi connectivity index (χ0) is 18.6. The second kappa shape index (κ2) is 6.05. The fourth-order valence-electron chi connectivity index (χ4n) is 5.49. The molecule has 4 nitrogen and oxygen atoms in total. The van der Waals surface area contributed by atoms with Crippen molar-refractivity contribution in [2.45, 2.75) is 61.9 Å². The molecule has 27 heavy (non-hydrogen) atoms. The van der Waals surface area contributed by atoms with Crippen molar-refractivity contribution in [3.05, 3.63) is 35.4 Å². The van der Waals surface area contributed by atoms with Crippen molar-refractivity contribution in [3.8, 4) is 0 Å². The van der Waals surface area contributed by atoms with Gasteiger partial charge >= 0.3 is 0 Å². The number of amides is 2. The highest BCUT2D eigenvalue weighted by atomic mass is 19.1. The second-order valence-electron chi connectivity index (χ2n) is 8.91. The Hall–Kier alpha value is -1.91. The van der Waals surface area contributed by atoms with Crippen LogP contribution in [0.5, 0.6) is 0 Å². The molecule has 2 saturated heterocycles. The van der Waals surface area contributed by atoms with Gasteiger partial charge in [0.15, 0.2) is 5.67 Å². The highest BCUT2D eigenvalue weighted by Crippen LogP contribution is 2.53. The van der Waals surface area contributed by atoms with Crippen LogP contribution in [0.2, 0.25) is 0 Å². The van der Waals surface area contributed by atoms with Gasteiger partial charge in [-0.1, -0.05) is 24.3 Å². The molecule has 1 aromatic rings. The second-order valence-corrected chi connectivity index (χ2v) is 8.91. The third-order valence-electron chi connectivity index (χ3n) is 7.30. The highest BCUT2D eigenvalue weighted by Gasteiger charge is 2.55. The minimum absolute atomic E-state index is 0.0412. The Morgan fingerprint density at radius 2 is 1.59 bits per heavy atom. The Kier molecular flexibility index (Phi) is 3.85. The predicted octanol–water partition coefficient (Wildman–Crippen LogP) is 3.16. The zero-order valence-corrected chi connectivity index (χ0v) is 15.8. The van der Waals surface area contributed by atoms with Crippen LogP contribution in [0.25, 0.3) is 0 Å². The van der Waals surface area contributed by atoms with E-state index in [1.165, 1.54) is 11.1 Å². The number of nitrogens with zero attached hydrogens (tertiary/aromatic N) is 2. The molecular weight excluding hydrogens is 343 g/mol. The lowest BCUT2D eigenvalue weighted by Gasteiger charge is -2.41. The van der Waals surface area contributed by atoms with E-state index < -0.39 is 5.67 Å². The number of halogens is 1. The summed E-state index contributed by atoms with van der Waals surface area (Å²) in [5.41, 5.74) is 0.849. The summed E-state index contributed by atoms with van der Waals surface area (Å²) < 4.78 is 14.2. The van der Waals surface area contributed by atoms with Crippen LogP contribution in [0.1, 0.15) is 62.0 Å². The Morgan fingerprint density at radius 1 is 0.926 bits per heavy atom. The van der Waals surface area contributed by atoms with Gasteiger partial charge in [0, 0.05) is 31.6 Å². The number of hydrogen-bond donors (Lipinski definition) is 0. The Balaban J connectivity index is 1.37. The molecule has 5 heteroatoms. The zero-order valence-electron chi connectivity index (χ0n) is 15.8. The minimum atomic E-state index is -1.58. The maximum atomic E-state index is 14.2. The van der Waals surface area contributed by atoms with Gasteiger partial charge in [-0.3, -0.25) is 9.59 Å². The molecule has 2 aliphatic heterocycles. The fraction of sp³-hybridized carbons (Fsp3) is 0.636. The SMILES string of the molecule is O=C(C1CC2(CCN(C(=O)C3(F)CC3)CC2)c2ccccc21)N1CCCC1. The molecule has 1 spiro atoms. The van der Waals surface area contributed by atoms with Crippen molar-refractivity contribution in [1.82, 2.24) is 9.80 Å². The summed E-state index contributed by atoms with van der Waals surface area (Å²) in [6.45, 7) is 2.96. The van der Waals surface area contributed by atoms with Crippen LogP contribution < -0.4 is 0 Å².